The first kappa shape index (κ1) is 4.74. The van der Waals surface area contributed by atoms with Gasteiger partial charge < -0.3 is 4.74 Å². The predicted octanol–water partition coefficient (Wildman–Crippen LogP) is 1.28. The van der Waals surface area contributed by atoms with Crippen molar-refractivity contribution in [3.05, 3.63) is 0 Å². The summed E-state index contributed by atoms with van der Waals surface area (Å²) in [6, 6.07) is 0. The molecule has 1 aliphatic carbocycles. The second-order valence-corrected chi connectivity index (χ2v) is 2.59. The van der Waals surface area contributed by atoms with Gasteiger partial charge in [-0.25, -0.2) is 4.39 Å². The molecule has 2 aliphatic heterocycles. The Hall–Kier alpha value is -0.110. The molecule has 3 aliphatic rings. The molecule has 0 aromatic heterocycles. The zero-order chi connectivity index (χ0) is 5.56. The van der Waals surface area contributed by atoms with Gasteiger partial charge in [-0.3, -0.25) is 0 Å². The van der Waals surface area contributed by atoms with E-state index in [1.54, 1.807) is 0 Å². The van der Waals surface area contributed by atoms with Gasteiger partial charge in [0.25, 0.3) is 0 Å². The quantitative estimate of drug-likeness (QED) is 0.463. The SMILES string of the molecule is FC1C2CCCC1O2. The smallest absolute Gasteiger partial charge is 0.152 e. The molecular formula is C6H9FO. The summed E-state index contributed by atoms with van der Waals surface area (Å²) in [4.78, 5) is 0. The topological polar surface area (TPSA) is 9.23 Å². The Bertz CT molecular complexity index is 90.7. The maximum atomic E-state index is 12.5. The van der Waals surface area contributed by atoms with Crippen LogP contribution < -0.4 is 0 Å². The second-order valence-electron chi connectivity index (χ2n) is 2.59. The van der Waals surface area contributed by atoms with Crippen LogP contribution in [0.1, 0.15) is 19.3 Å². The van der Waals surface area contributed by atoms with Crippen LogP contribution in [0.4, 0.5) is 4.39 Å². The van der Waals surface area contributed by atoms with Crippen LogP contribution in [0.15, 0.2) is 0 Å². The van der Waals surface area contributed by atoms with Crippen molar-refractivity contribution in [1.82, 2.24) is 0 Å². The van der Waals surface area contributed by atoms with E-state index in [1.165, 1.54) is 0 Å². The van der Waals surface area contributed by atoms with E-state index in [0.717, 1.165) is 19.3 Å². The Balaban J connectivity index is 2.03. The van der Waals surface area contributed by atoms with Crippen molar-refractivity contribution >= 4 is 0 Å². The van der Waals surface area contributed by atoms with Crippen LogP contribution in [-0.2, 0) is 4.74 Å². The minimum absolute atomic E-state index is 0.0197. The minimum Gasteiger partial charge on any atom is -0.369 e. The van der Waals surface area contributed by atoms with Gasteiger partial charge in [-0.15, -0.1) is 0 Å². The molecule has 3 rings (SSSR count). The van der Waals surface area contributed by atoms with E-state index in [1.807, 2.05) is 0 Å². The van der Waals surface area contributed by atoms with Crippen molar-refractivity contribution in [2.24, 2.45) is 0 Å². The van der Waals surface area contributed by atoms with Crippen molar-refractivity contribution in [1.29, 1.82) is 0 Å². The van der Waals surface area contributed by atoms with Crippen LogP contribution in [0.5, 0.6) is 0 Å². The maximum absolute atomic E-state index is 12.5. The molecule has 0 aromatic carbocycles. The molecular weight excluding hydrogens is 107 g/mol. The van der Waals surface area contributed by atoms with Gasteiger partial charge >= 0.3 is 0 Å². The lowest BCUT2D eigenvalue weighted by molar-refractivity contribution is -0.217. The summed E-state index contributed by atoms with van der Waals surface area (Å²) in [7, 11) is 0. The van der Waals surface area contributed by atoms with E-state index in [4.69, 9.17) is 4.74 Å². The van der Waals surface area contributed by atoms with Crippen LogP contribution >= 0.6 is 0 Å². The van der Waals surface area contributed by atoms with Crippen molar-refractivity contribution in [3.8, 4) is 0 Å². The molecule has 2 unspecified atom stereocenters. The van der Waals surface area contributed by atoms with Gasteiger partial charge in [-0.2, -0.15) is 0 Å². The number of fused-ring (bicyclic) bond motifs is 2. The number of halogens is 1. The second kappa shape index (κ2) is 1.44. The predicted molar refractivity (Wildman–Crippen MR) is 27.4 cm³/mol. The Kier molecular flexibility index (Phi) is 0.852. The lowest BCUT2D eigenvalue weighted by Gasteiger charge is -2.44. The highest BCUT2D eigenvalue weighted by Gasteiger charge is 2.45. The van der Waals surface area contributed by atoms with Crippen molar-refractivity contribution < 1.29 is 9.13 Å². The molecule has 0 aromatic rings. The van der Waals surface area contributed by atoms with E-state index < -0.39 is 6.17 Å². The summed E-state index contributed by atoms with van der Waals surface area (Å²) in [6.07, 6.45) is 2.39. The highest BCUT2D eigenvalue weighted by Crippen LogP contribution is 2.36. The maximum Gasteiger partial charge on any atom is 0.152 e. The molecule has 2 heterocycles. The number of rotatable bonds is 0. The van der Waals surface area contributed by atoms with Gasteiger partial charge in [-0.1, -0.05) is 0 Å². The molecule has 46 valence electrons. The first-order chi connectivity index (χ1) is 3.88. The van der Waals surface area contributed by atoms with Crippen molar-refractivity contribution in [3.63, 3.8) is 0 Å². The van der Waals surface area contributed by atoms with Crippen LogP contribution in [-0.4, -0.2) is 18.4 Å². The zero-order valence-electron chi connectivity index (χ0n) is 4.64. The third-order valence-corrected chi connectivity index (χ3v) is 2.04. The molecule has 8 heavy (non-hydrogen) atoms. The first-order valence-electron chi connectivity index (χ1n) is 3.17. The third kappa shape index (κ3) is 0.440. The number of hydrogen-bond donors (Lipinski definition) is 0. The van der Waals surface area contributed by atoms with Crippen LogP contribution in [0, 0.1) is 0 Å². The van der Waals surface area contributed by atoms with Gasteiger partial charge in [0, 0.05) is 0 Å². The molecule has 2 bridgehead atoms. The van der Waals surface area contributed by atoms with E-state index in [2.05, 4.69) is 0 Å². The summed E-state index contributed by atoms with van der Waals surface area (Å²) in [5.74, 6) is 0. The van der Waals surface area contributed by atoms with Gasteiger partial charge in [0.15, 0.2) is 6.17 Å². The monoisotopic (exact) mass is 116 g/mol. The summed E-state index contributed by atoms with van der Waals surface area (Å²) in [5, 5.41) is 0. The lowest BCUT2D eigenvalue weighted by Crippen LogP contribution is -2.53. The number of ether oxygens (including phenoxy) is 1. The number of alkyl halides is 1. The Morgan fingerprint density at radius 2 is 1.88 bits per heavy atom. The summed E-state index contributed by atoms with van der Waals surface area (Å²) in [5.41, 5.74) is 0. The van der Waals surface area contributed by atoms with Crippen molar-refractivity contribution in [2.75, 3.05) is 0 Å². The van der Waals surface area contributed by atoms with Gasteiger partial charge in [0.05, 0.1) is 12.2 Å². The molecule has 0 amide bonds. The fraction of sp³-hybridized carbons (Fsp3) is 1.00. The van der Waals surface area contributed by atoms with Crippen LogP contribution in [0.3, 0.4) is 0 Å². The largest absolute Gasteiger partial charge is 0.369 e. The minimum atomic E-state index is -0.622. The summed E-state index contributed by atoms with van der Waals surface area (Å²) >= 11 is 0. The third-order valence-electron chi connectivity index (χ3n) is 2.04. The molecule has 2 heteroatoms. The standard InChI is InChI=1S/C6H9FO/c7-6-4-2-1-3-5(6)8-4/h4-6H,1-3H2. The van der Waals surface area contributed by atoms with E-state index >= 15 is 0 Å². The lowest BCUT2D eigenvalue weighted by atomic mass is 9.87. The summed E-state index contributed by atoms with van der Waals surface area (Å²) in [6.45, 7) is 0. The molecule has 2 atom stereocenters. The normalized spacial score (nSPS) is 52.9. The highest BCUT2D eigenvalue weighted by molar-refractivity contribution is 4.92. The molecule has 3 fully saturated rings. The molecule has 1 saturated carbocycles. The average Bonchev–Trinajstić information content (AvgIpc) is 1.89. The van der Waals surface area contributed by atoms with Crippen molar-refractivity contribution in [2.45, 2.75) is 37.6 Å². The van der Waals surface area contributed by atoms with Crippen LogP contribution in [0.25, 0.3) is 0 Å². The van der Waals surface area contributed by atoms with E-state index in [0.29, 0.717) is 0 Å². The molecule has 0 radical (unpaired) electrons. The zero-order valence-corrected chi connectivity index (χ0v) is 4.64. The fourth-order valence-corrected chi connectivity index (χ4v) is 1.50. The van der Waals surface area contributed by atoms with E-state index in [9.17, 15) is 4.39 Å². The van der Waals surface area contributed by atoms with Gasteiger partial charge in [0.1, 0.15) is 0 Å². The van der Waals surface area contributed by atoms with E-state index in [-0.39, 0.29) is 12.2 Å². The Morgan fingerprint density at radius 3 is 2.12 bits per heavy atom. The summed E-state index contributed by atoms with van der Waals surface area (Å²) < 4.78 is 17.6. The van der Waals surface area contributed by atoms with Gasteiger partial charge in [0.2, 0.25) is 0 Å². The first-order valence-corrected chi connectivity index (χ1v) is 3.17. The molecule has 0 N–H and O–H groups in total. The Morgan fingerprint density at radius 1 is 1.25 bits per heavy atom. The van der Waals surface area contributed by atoms with Gasteiger partial charge in [-0.05, 0) is 19.3 Å². The molecule has 1 nitrogen and oxygen atoms in total. The fourth-order valence-electron chi connectivity index (χ4n) is 1.50. The number of hydrogen-bond acceptors (Lipinski definition) is 1. The highest BCUT2D eigenvalue weighted by atomic mass is 19.1. The van der Waals surface area contributed by atoms with Crippen LogP contribution in [0.2, 0.25) is 0 Å². The average molecular weight is 116 g/mol. The molecule has 0 spiro atoms. The Labute approximate surface area is 47.8 Å². The molecule has 2 saturated heterocycles.